The molecule has 0 radical (unpaired) electrons. The van der Waals surface area contributed by atoms with Crippen molar-refractivity contribution in [1.29, 1.82) is 0 Å². The molecule has 0 bridgehead atoms. The second kappa shape index (κ2) is 2.89. The number of piperazine rings is 1. The van der Waals surface area contributed by atoms with E-state index < -0.39 is 0 Å². The van der Waals surface area contributed by atoms with Crippen molar-refractivity contribution >= 4 is 0 Å². The van der Waals surface area contributed by atoms with E-state index in [1.165, 1.54) is 6.42 Å². The van der Waals surface area contributed by atoms with Gasteiger partial charge in [-0.3, -0.25) is 0 Å². The number of hydrogen-bond donors (Lipinski definition) is 2. The normalized spacial score (nSPS) is 41.7. The van der Waals surface area contributed by atoms with Crippen molar-refractivity contribution in [3.05, 3.63) is 0 Å². The van der Waals surface area contributed by atoms with E-state index in [4.69, 9.17) is 0 Å². The molecule has 2 unspecified atom stereocenters. The van der Waals surface area contributed by atoms with Gasteiger partial charge in [0, 0.05) is 24.7 Å². The fourth-order valence-corrected chi connectivity index (χ4v) is 1.49. The average Bonchev–Trinajstić information content (AvgIpc) is 1.88. The largest absolute Gasteiger partial charge is 0.313 e. The molecule has 0 aliphatic carbocycles. The van der Waals surface area contributed by atoms with Gasteiger partial charge in [-0.25, -0.2) is 0 Å². The fourth-order valence-electron chi connectivity index (χ4n) is 1.49. The summed E-state index contributed by atoms with van der Waals surface area (Å²) in [7, 11) is 0. The van der Waals surface area contributed by atoms with Gasteiger partial charge in [0.1, 0.15) is 0 Å². The van der Waals surface area contributed by atoms with Crippen LogP contribution in [0.15, 0.2) is 0 Å². The lowest BCUT2D eigenvalue weighted by atomic mass is 9.95. The van der Waals surface area contributed by atoms with Crippen molar-refractivity contribution in [1.82, 2.24) is 10.6 Å². The predicted molar refractivity (Wildman–Crippen MR) is 44.2 cm³/mol. The van der Waals surface area contributed by atoms with E-state index in [9.17, 15) is 0 Å². The van der Waals surface area contributed by atoms with Crippen molar-refractivity contribution < 1.29 is 0 Å². The van der Waals surface area contributed by atoms with Crippen LogP contribution in [0.4, 0.5) is 0 Å². The summed E-state index contributed by atoms with van der Waals surface area (Å²) in [5, 5.41) is 6.99. The highest BCUT2D eigenvalue weighted by atomic mass is 15.1. The van der Waals surface area contributed by atoms with Gasteiger partial charge in [-0.1, -0.05) is 6.92 Å². The molecule has 1 fully saturated rings. The molecule has 1 aliphatic rings. The van der Waals surface area contributed by atoms with Crippen LogP contribution in [-0.4, -0.2) is 24.7 Å². The minimum atomic E-state index is 0.331. The van der Waals surface area contributed by atoms with Crippen molar-refractivity contribution in [3.8, 4) is 0 Å². The SMILES string of the molecule is CCC1(C)CNCC(C)N1. The third-order valence-corrected chi connectivity index (χ3v) is 2.34. The molecule has 0 aromatic carbocycles. The molecule has 2 heteroatoms. The summed E-state index contributed by atoms with van der Waals surface area (Å²) in [6, 6.07) is 0.624. The van der Waals surface area contributed by atoms with Crippen LogP contribution in [0.5, 0.6) is 0 Å². The summed E-state index contributed by atoms with van der Waals surface area (Å²) in [5.74, 6) is 0. The predicted octanol–water partition coefficient (Wildman–Crippen LogP) is 0.736. The minimum absolute atomic E-state index is 0.331. The van der Waals surface area contributed by atoms with Crippen LogP contribution in [0.1, 0.15) is 27.2 Å². The standard InChI is InChI=1S/C8H18N2/c1-4-8(3)6-9-5-7(2)10-8/h7,9-10H,4-6H2,1-3H3. The molecular formula is C8H18N2. The third-order valence-electron chi connectivity index (χ3n) is 2.34. The van der Waals surface area contributed by atoms with Gasteiger partial charge in [0.25, 0.3) is 0 Å². The van der Waals surface area contributed by atoms with Gasteiger partial charge in [0.05, 0.1) is 0 Å². The summed E-state index contributed by atoms with van der Waals surface area (Å²) in [5.41, 5.74) is 0.331. The van der Waals surface area contributed by atoms with Crippen LogP contribution in [0, 0.1) is 0 Å². The zero-order valence-corrected chi connectivity index (χ0v) is 7.20. The Hall–Kier alpha value is -0.0800. The van der Waals surface area contributed by atoms with Gasteiger partial charge < -0.3 is 10.6 Å². The number of rotatable bonds is 1. The van der Waals surface area contributed by atoms with Crippen LogP contribution in [0.3, 0.4) is 0 Å². The molecule has 0 amide bonds. The molecule has 0 saturated carbocycles. The Labute approximate surface area is 63.4 Å². The first kappa shape index (κ1) is 8.02. The van der Waals surface area contributed by atoms with Gasteiger partial charge in [0.2, 0.25) is 0 Å². The second-order valence-corrected chi connectivity index (χ2v) is 3.59. The maximum Gasteiger partial charge on any atom is 0.0278 e. The number of hydrogen-bond acceptors (Lipinski definition) is 2. The smallest absolute Gasteiger partial charge is 0.0278 e. The highest BCUT2D eigenvalue weighted by Crippen LogP contribution is 2.11. The molecule has 1 rings (SSSR count). The molecule has 1 aliphatic heterocycles. The monoisotopic (exact) mass is 142 g/mol. The van der Waals surface area contributed by atoms with Crippen LogP contribution in [0.2, 0.25) is 0 Å². The Morgan fingerprint density at radius 2 is 2.30 bits per heavy atom. The highest BCUT2D eigenvalue weighted by Gasteiger charge is 2.26. The first-order valence-electron chi connectivity index (χ1n) is 4.15. The van der Waals surface area contributed by atoms with Crippen molar-refractivity contribution in [2.75, 3.05) is 13.1 Å². The first-order valence-corrected chi connectivity index (χ1v) is 4.15. The van der Waals surface area contributed by atoms with Gasteiger partial charge in [-0.15, -0.1) is 0 Å². The molecule has 1 heterocycles. The summed E-state index contributed by atoms with van der Waals surface area (Å²) in [6.45, 7) is 8.94. The van der Waals surface area contributed by atoms with Gasteiger partial charge in [-0.2, -0.15) is 0 Å². The van der Waals surface area contributed by atoms with E-state index in [-0.39, 0.29) is 0 Å². The zero-order chi connectivity index (χ0) is 7.61. The van der Waals surface area contributed by atoms with Gasteiger partial charge in [-0.05, 0) is 20.3 Å². The Morgan fingerprint density at radius 1 is 1.60 bits per heavy atom. The quantitative estimate of drug-likeness (QED) is 0.564. The van der Waals surface area contributed by atoms with E-state index in [1.807, 2.05) is 0 Å². The summed E-state index contributed by atoms with van der Waals surface area (Å²) in [4.78, 5) is 0. The molecule has 0 aromatic heterocycles. The molecule has 0 aromatic rings. The Kier molecular flexibility index (Phi) is 2.32. The zero-order valence-electron chi connectivity index (χ0n) is 7.20. The second-order valence-electron chi connectivity index (χ2n) is 3.59. The van der Waals surface area contributed by atoms with Gasteiger partial charge in [0.15, 0.2) is 0 Å². The maximum atomic E-state index is 3.58. The number of nitrogens with one attached hydrogen (secondary N) is 2. The first-order chi connectivity index (χ1) is 4.66. The average molecular weight is 142 g/mol. The molecule has 10 heavy (non-hydrogen) atoms. The van der Waals surface area contributed by atoms with E-state index in [2.05, 4.69) is 31.4 Å². The van der Waals surface area contributed by atoms with Crippen LogP contribution >= 0.6 is 0 Å². The third kappa shape index (κ3) is 1.70. The lowest BCUT2D eigenvalue weighted by Crippen LogP contribution is -2.60. The lowest BCUT2D eigenvalue weighted by Gasteiger charge is -2.38. The molecule has 2 nitrogen and oxygen atoms in total. The minimum Gasteiger partial charge on any atom is -0.313 e. The van der Waals surface area contributed by atoms with Crippen molar-refractivity contribution in [2.45, 2.75) is 38.8 Å². The van der Waals surface area contributed by atoms with E-state index in [1.54, 1.807) is 0 Å². The summed E-state index contributed by atoms with van der Waals surface area (Å²) in [6.07, 6.45) is 1.20. The molecule has 2 N–H and O–H groups in total. The Bertz CT molecular complexity index is 114. The lowest BCUT2D eigenvalue weighted by molar-refractivity contribution is 0.245. The van der Waals surface area contributed by atoms with Gasteiger partial charge >= 0.3 is 0 Å². The van der Waals surface area contributed by atoms with Crippen molar-refractivity contribution in [3.63, 3.8) is 0 Å². The maximum absolute atomic E-state index is 3.58. The molecule has 1 saturated heterocycles. The van der Waals surface area contributed by atoms with E-state index in [0.29, 0.717) is 11.6 Å². The molecule has 60 valence electrons. The Balaban J connectivity index is 2.45. The molecule has 2 atom stereocenters. The van der Waals surface area contributed by atoms with Crippen LogP contribution < -0.4 is 10.6 Å². The summed E-state index contributed by atoms with van der Waals surface area (Å²) < 4.78 is 0. The Morgan fingerprint density at radius 3 is 2.70 bits per heavy atom. The van der Waals surface area contributed by atoms with Crippen LogP contribution in [-0.2, 0) is 0 Å². The summed E-state index contributed by atoms with van der Waals surface area (Å²) >= 11 is 0. The molecule has 0 spiro atoms. The molecular weight excluding hydrogens is 124 g/mol. The van der Waals surface area contributed by atoms with E-state index >= 15 is 0 Å². The topological polar surface area (TPSA) is 24.1 Å². The fraction of sp³-hybridized carbons (Fsp3) is 1.00. The van der Waals surface area contributed by atoms with Crippen molar-refractivity contribution in [2.24, 2.45) is 0 Å². The van der Waals surface area contributed by atoms with E-state index in [0.717, 1.165) is 13.1 Å². The van der Waals surface area contributed by atoms with Crippen LogP contribution in [0.25, 0.3) is 0 Å². The highest BCUT2D eigenvalue weighted by molar-refractivity contribution is 4.91.